The highest BCUT2D eigenvalue weighted by molar-refractivity contribution is 5.91. The van der Waals surface area contributed by atoms with Crippen LogP contribution < -0.4 is 4.74 Å². The van der Waals surface area contributed by atoms with Gasteiger partial charge in [0.25, 0.3) is 5.95 Å². The zero-order valence-electron chi connectivity index (χ0n) is 7.44. The molecule has 2 rings (SSSR count). The molecule has 4 heteroatoms. The topological polar surface area (TPSA) is 66.4 Å². The van der Waals surface area contributed by atoms with Crippen molar-refractivity contribution in [3.8, 4) is 17.8 Å². The monoisotopic (exact) mass is 189 g/mol. The summed E-state index contributed by atoms with van der Waals surface area (Å²) in [7, 11) is 1.53. The van der Waals surface area contributed by atoms with Crippen LogP contribution >= 0.6 is 0 Å². The van der Waals surface area contributed by atoms with E-state index in [9.17, 15) is 5.11 Å². The van der Waals surface area contributed by atoms with Crippen LogP contribution in [0.4, 0.5) is 0 Å². The Morgan fingerprint density at radius 2 is 2.21 bits per heavy atom. The maximum atomic E-state index is 9.37. The van der Waals surface area contributed by atoms with E-state index < -0.39 is 0 Å². The van der Waals surface area contributed by atoms with Crippen LogP contribution in [0.2, 0.25) is 0 Å². The number of rotatable bonds is 1. The van der Waals surface area contributed by atoms with Crippen LogP contribution in [0.5, 0.6) is 11.7 Å². The number of hydrogen-bond donors (Lipinski definition) is 1. The number of nitrogens with zero attached hydrogens (tertiary/aromatic N) is 1. The van der Waals surface area contributed by atoms with E-state index in [1.165, 1.54) is 7.11 Å². The smallest absolute Gasteiger partial charge is 0.291 e. The second-order valence-corrected chi connectivity index (χ2v) is 2.76. The lowest BCUT2D eigenvalue weighted by Gasteiger charge is -1.97. The Morgan fingerprint density at radius 1 is 1.43 bits per heavy atom. The Hall–Kier alpha value is -2.15. The van der Waals surface area contributed by atoms with Crippen LogP contribution in [0.1, 0.15) is 5.76 Å². The van der Waals surface area contributed by atoms with Gasteiger partial charge in [-0.25, -0.2) is 0 Å². The van der Waals surface area contributed by atoms with Crippen LogP contribution in [0.15, 0.2) is 22.6 Å². The van der Waals surface area contributed by atoms with Crippen molar-refractivity contribution in [3.05, 3.63) is 24.0 Å². The van der Waals surface area contributed by atoms with E-state index in [-0.39, 0.29) is 11.7 Å². The van der Waals surface area contributed by atoms with Gasteiger partial charge in [-0.2, -0.15) is 5.26 Å². The van der Waals surface area contributed by atoms with Crippen molar-refractivity contribution in [2.45, 2.75) is 0 Å². The third-order valence-corrected chi connectivity index (χ3v) is 2.00. The second-order valence-electron chi connectivity index (χ2n) is 2.76. The number of furan rings is 1. The summed E-state index contributed by atoms with van der Waals surface area (Å²) in [5, 5.41) is 19.1. The van der Waals surface area contributed by atoms with Gasteiger partial charge < -0.3 is 14.3 Å². The van der Waals surface area contributed by atoms with Crippen molar-refractivity contribution in [1.29, 1.82) is 5.26 Å². The molecule has 0 radical (unpaired) electrons. The molecule has 1 N–H and O–H groups in total. The van der Waals surface area contributed by atoms with E-state index in [2.05, 4.69) is 0 Å². The quantitative estimate of drug-likeness (QED) is 0.745. The molecule has 0 saturated carbocycles. The SMILES string of the molecule is COc1ccc2c(C#N)oc(O)c2c1. The Bertz CT molecular complexity index is 522. The molecule has 0 spiro atoms. The number of aromatic hydroxyl groups is 1. The van der Waals surface area contributed by atoms with Gasteiger partial charge in [0.2, 0.25) is 5.76 Å². The van der Waals surface area contributed by atoms with Crippen LogP contribution in [-0.2, 0) is 0 Å². The first-order chi connectivity index (χ1) is 6.76. The molecule has 0 aliphatic rings. The largest absolute Gasteiger partial charge is 0.497 e. The van der Waals surface area contributed by atoms with Gasteiger partial charge in [-0.05, 0) is 18.2 Å². The van der Waals surface area contributed by atoms with Crippen molar-refractivity contribution >= 4 is 10.8 Å². The average molecular weight is 189 g/mol. The van der Waals surface area contributed by atoms with Gasteiger partial charge in [0.15, 0.2) is 0 Å². The summed E-state index contributed by atoms with van der Waals surface area (Å²) in [4.78, 5) is 0. The molecule has 0 saturated heterocycles. The molecule has 1 aromatic heterocycles. The van der Waals surface area contributed by atoms with E-state index in [0.29, 0.717) is 16.5 Å². The number of nitriles is 1. The summed E-state index contributed by atoms with van der Waals surface area (Å²) in [5.74, 6) is 0.466. The van der Waals surface area contributed by atoms with E-state index in [1.807, 2.05) is 6.07 Å². The fraction of sp³-hybridized carbons (Fsp3) is 0.100. The van der Waals surface area contributed by atoms with Crippen molar-refractivity contribution in [2.24, 2.45) is 0 Å². The number of hydrogen-bond acceptors (Lipinski definition) is 4. The fourth-order valence-corrected chi connectivity index (χ4v) is 1.31. The molecule has 0 aliphatic carbocycles. The molecule has 1 aromatic carbocycles. The molecule has 70 valence electrons. The predicted octanol–water partition coefficient (Wildman–Crippen LogP) is 2.02. The van der Waals surface area contributed by atoms with Gasteiger partial charge >= 0.3 is 0 Å². The molecule has 0 bridgehead atoms. The highest BCUT2D eigenvalue weighted by Crippen LogP contribution is 2.33. The summed E-state index contributed by atoms with van der Waals surface area (Å²) in [6, 6.07) is 6.86. The molecular formula is C10H7NO3. The molecule has 0 amide bonds. The zero-order valence-corrected chi connectivity index (χ0v) is 7.44. The summed E-state index contributed by atoms with van der Waals surface area (Å²) >= 11 is 0. The van der Waals surface area contributed by atoms with Gasteiger partial charge in [-0.15, -0.1) is 0 Å². The van der Waals surface area contributed by atoms with Gasteiger partial charge in [0, 0.05) is 5.39 Å². The lowest BCUT2D eigenvalue weighted by atomic mass is 10.2. The summed E-state index contributed by atoms with van der Waals surface area (Å²) in [6.45, 7) is 0. The Morgan fingerprint density at radius 3 is 2.86 bits per heavy atom. The molecular weight excluding hydrogens is 182 g/mol. The summed E-state index contributed by atoms with van der Waals surface area (Å²) in [6.07, 6.45) is 0. The predicted molar refractivity (Wildman–Crippen MR) is 49.1 cm³/mol. The van der Waals surface area contributed by atoms with E-state index in [4.69, 9.17) is 14.4 Å². The van der Waals surface area contributed by atoms with Gasteiger partial charge in [-0.1, -0.05) is 0 Å². The minimum absolute atomic E-state index is 0.111. The average Bonchev–Trinajstić information content (AvgIpc) is 2.55. The lowest BCUT2D eigenvalue weighted by molar-refractivity contribution is 0.334. The summed E-state index contributed by atoms with van der Waals surface area (Å²) in [5.41, 5.74) is 0. The maximum Gasteiger partial charge on any atom is 0.291 e. The standard InChI is InChI=1S/C10H7NO3/c1-13-6-2-3-7-8(4-6)10(12)14-9(7)5-11/h2-4,12H,1H3. The Kier molecular flexibility index (Phi) is 1.79. The van der Waals surface area contributed by atoms with Gasteiger partial charge in [-0.3, -0.25) is 0 Å². The normalized spacial score (nSPS) is 10.0. The van der Waals surface area contributed by atoms with Crippen LogP contribution in [-0.4, -0.2) is 12.2 Å². The van der Waals surface area contributed by atoms with Gasteiger partial charge in [0.1, 0.15) is 11.8 Å². The Balaban J connectivity index is 2.78. The first-order valence-corrected chi connectivity index (χ1v) is 3.96. The highest BCUT2D eigenvalue weighted by Gasteiger charge is 2.12. The molecule has 1 heterocycles. The Labute approximate surface area is 79.9 Å². The minimum Gasteiger partial charge on any atom is -0.497 e. The number of fused-ring (bicyclic) bond motifs is 1. The summed E-state index contributed by atoms with van der Waals surface area (Å²) < 4.78 is 9.84. The molecule has 0 unspecified atom stereocenters. The third-order valence-electron chi connectivity index (χ3n) is 2.00. The zero-order chi connectivity index (χ0) is 10.1. The molecule has 4 nitrogen and oxygen atoms in total. The molecule has 14 heavy (non-hydrogen) atoms. The first kappa shape index (κ1) is 8.45. The molecule has 0 fully saturated rings. The lowest BCUT2D eigenvalue weighted by Crippen LogP contribution is -1.80. The van der Waals surface area contributed by atoms with E-state index in [0.717, 1.165) is 0 Å². The molecule has 0 atom stereocenters. The number of ether oxygens (including phenoxy) is 1. The molecule has 0 aliphatic heterocycles. The highest BCUT2D eigenvalue weighted by atomic mass is 16.5. The first-order valence-electron chi connectivity index (χ1n) is 3.96. The van der Waals surface area contributed by atoms with Crippen molar-refractivity contribution in [1.82, 2.24) is 0 Å². The number of methoxy groups -OCH3 is 1. The number of benzene rings is 1. The molecule has 2 aromatic rings. The van der Waals surface area contributed by atoms with Crippen LogP contribution in [0.25, 0.3) is 10.8 Å². The maximum absolute atomic E-state index is 9.37. The van der Waals surface area contributed by atoms with Crippen LogP contribution in [0, 0.1) is 11.3 Å². The van der Waals surface area contributed by atoms with E-state index in [1.54, 1.807) is 18.2 Å². The van der Waals surface area contributed by atoms with E-state index >= 15 is 0 Å². The van der Waals surface area contributed by atoms with Gasteiger partial charge in [0.05, 0.1) is 12.5 Å². The third kappa shape index (κ3) is 1.07. The fourth-order valence-electron chi connectivity index (χ4n) is 1.31. The van der Waals surface area contributed by atoms with Crippen molar-refractivity contribution < 1.29 is 14.3 Å². The minimum atomic E-state index is -0.254. The van der Waals surface area contributed by atoms with Crippen molar-refractivity contribution in [3.63, 3.8) is 0 Å². The van der Waals surface area contributed by atoms with Crippen LogP contribution in [0.3, 0.4) is 0 Å². The second kappa shape index (κ2) is 2.96. The van der Waals surface area contributed by atoms with Crippen molar-refractivity contribution in [2.75, 3.05) is 7.11 Å².